The Labute approximate surface area is 172 Å². The van der Waals surface area contributed by atoms with Crippen LogP contribution < -0.4 is 0 Å². The zero-order chi connectivity index (χ0) is 20.0. The normalized spacial score (nSPS) is 10.4. The zero-order valence-corrected chi connectivity index (χ0v) is 17.4. The number of esters is 2. The highest BCUT2D eigenvalue weighted by Gasteiger charge is 2.30. The van der Waals surface area contributed by atoms with Crippen molar-refractivity contribution in [2.75, 3.05) is 13.2 Å². The fourth-order valence-electron chi connectivity index (χ4n) is 1.80. The van der Waals surface area contributed by atoms with Gasteiger partial charge in [-0.25, -0.2) is 9.59 Å². The van der Waals surface area contributed by atoms with Crippen LogP contribution in [0.3, 0.4) is 0 Å². The summed E-state index contributed by atoms with van der Waals surface area (Å²) in [5.41, 5.74) is 1.09. The molecule has 1 rings (SSSR count). The number of rotatable bonds is 8. The Kier molecular flexibility index (Phi) is 8.97. The van der Waals surface area contributed by atoms with E-state index < -0.39 is 11.9 Å². The summed E-state index contributed by atoms with van der Waals surface area (Å²) < 4.78 is 10.3. The second kappa shape index (κ2) is 10.2. The van der Waals surface area contributed by atoms with Crippen LogP contribution in [0.15, 0.2) is 24.3 Å². The second-order valence-corrected chi connectivity index (χ2v) is 7.20. The average Bonchev–Trinajstić information content (AvgIpc) is 2.54. The van der Waals surface area contributed by atoms with E-state index in [1.165, 1.54) is 0 Å². The molecule has 0 saturated carbocycles. The van der Waals surface area contributed by atoms with Crippen LogP contribution in [0.2, 0.25) is 20.1 Å². The molecule has 0 aliphatic heterocycles. The van der Waals surface area contributed by atoms with Crippen molar-refractivity contribution < 1.29 is 19.1 Å². The van der Waals surface area contributed by atoms with Crippen molar-refractivity contribution in [3.8, 4) is 0 Å². The molecule has 0 aromatic heterocycles. The van der Waals surface area contributed by atoms with Gasteiger partial charge in [-0.15, -0.1) is 13.2 Å². The summed E-state index contributed by atoms with van der Waals surface area (Å²) in [5.74, 6) is -1.72. The highest BCUT2D eigenvalue weighted by Crippen LogP contribution is 2.42. The van der Waals surface area contributed by atoms with E-state index in [2.05, 4.69) is 13.2 Å². The molecule has 0 spiro atoms. The third-order valence-electron chi connectivity index (χ3n) is 3.20. The van der Waals surface area contributed by atoms with Gasteiger partial charge in [0.1, 0.15) is 0 Å². The standard InChI is InChI=1S/C18H18Cl4O4/c1-9(2)5-7-25-17(23)11-12(18(24)26-8-6-10(3)4)14(20)16(22)15(21)13(11)19/h1,3,5-8H2,2,4H3. The van der Waals surface area contributed by atoms with Gasteiger partial charge < -0.3 is 9.47 Å². The molecular weight excluding hydrogens is 422 g/mol. The van der Waals surface area contributed by atoms with E-state index in [0.717, 1.165) is 11.1 Å². The van der Waals surface area contributed by atoms with Crippen LogP contribution in [-0.4, -0.2) is 25.2 Å². The first-order chi connectivity index (χ1) is 12.1. The fraction of sp³-hybridized carbons (Fsp3) is 0.333. The smallest absolute Gasteiger partial charge is 0.340 e. The number of carbonyl (C=O) groups is 2. The van der Waals surface area contributed by atoms with Gasteiger partial charge in [-0.3, -0.25) is 0 Å². The van der Waals surface area contributed by atoms with Crippen molar-refractivity contribution in [2.45, 2.75) is 26.7 Å². The summed E-state index contributed by atoms with van der Waals surface area (Å²) in [6.45, 7) is 11.1. The molecule has 1 aromatic carbocycles. The van der Waals surface area contributed by atoms with Gasteiger partial charge in [0.15, 0.2) is 0 Å². The predicted octanol–water partition coefficient (Wildman–Crippen LogP) is 6.55. The monoisotopic (exact) mass is 438 g/mol. The van der Waals surface area contributed by atoms with E-state index in [0.29, 0.717) is 12.8 Å². The lowest BCUT2D eigenvalue weighted by atomic mass is 10.1. The van der Waals surface area contributed by atoms with Gasteiger partial charge in [-0.05, 0) is 13.8 Å². The Bertz CT molecular complexity index is 693. The van der Waals surface area contributed by atoms with Crippen LogP contribution in [0.25, 0.3) is 0 Å². The van der Waals surface area contributed by atoms with Crippen molar-refractivity contribution in [1.82, 2.24) is 0 Å². The summed E-state index contributed by atoms with van der Waals surface area (Å²) in [4.78, 5) is 24.9. The predicted molar refractivity (Wildman–Crippen MR) is 106 cm³/mol. The molecule has 8 heteroatoms. The molecule has 0 atom stereocenters. The van der Waals surface area contributed by atoms with Crippen LogP contribution in [0.1, 0.15) is 47.4 Å². The van der Waals surface area contributed by atoms with Crippen molar-refractivity contribution in [3.05, 3.63) is 55.5 Å². The number of hydrogen-bond donors (Lipinski definition) is 0. The van der Waals surface area contributed by atoms with E-state index >= 15 is 0 Å². The van der Waals surface area contributed by atoms with Crippen LogP contribution in [0.5, 0.6) is 0 Å². The largest absolute Gasteiger partial charge is 0.462 e. The maximum Gasteiger partial charge on any atom is 0.340 e. The zero-order valence-electron chi connectivity index (χ0n) is 14.4. The van der Waals surface area contributed by atoms with Gasteiger partial charge in [0, 0.05) is 12.8 Å². The molecule has 0 fully saturated rings. The van der Waals surface area contributed by atoms with Gasteiger partial charge in [-0.2, -0.15) is 0 Å². The van der Waals surface area contributed by atoms with Gasteiger partial charge in [0.25, 0.3) is 0 Å². The van der Waals surface area contributed by atoms with Gasteiger partial charge >= 0.3 is 11.9 Å². The number of hydrogen-bond acceptors (Lipinski definition) is 4. The van der Waals surface area contributed by atoms with Crippen molar-refractivity contribution in [2.24, 2.45) is 0 Å². The molecule has 0 aliphatic rings. The Morgan fingerprint density at radius 1 is 0.731 bits per heavy atom. The Morgan fingerprint density at radius 3 is 1.31 bits per heavy atom. The molecule has 142 valence electrons. The lowest BCUT2D eigenvalue weighted by Crippen LogP contribution is -2.17. The summed E-state index contributed by atoms with van der Waals surface area (Å²) in [6.07, 6.45) is 0.910. The molecule has 0 saturated heterocycles. The van der Waals surface area contributed by atoms with Gasteiger partial charge in [-0.1, -0.05) is 57.5 Å². The molecule has 0 radical (unpaired) electrons. The molecule has 0 bridgehead atoms. The minimum absolute atomic E-state index is 0.0620. The molecule has 0 unspecified atom stereocenters. The van der Waals surface area contributed by atoms with Crippen molar-refractivity contribution >= 4 is 58.3 Å². The lowest BCUT2D eigenvalue weighted by molar-refractivity contribution is 0.0462. The minimum atomic E-state index is -0.858. The highest BCUT2D eigenvalue weighted by atomic mass is 35.5. The number of ether oxygens (including phenoxy) is 2. The molecular formula is C18H18Cl4O4. The van der Waals surface area contributed by atoms with Crippen LogP contribution in [-0.2, 0) is 9.47 Å². The molecule has 0 heterocycles. The Balaban J connectivity index is 3.25. The maximum absolute atomic E-state index is 12.5. The summed E-state index contributed by atoms with van der Waals surface area (Å²) >= 11 is 24.3. The van der Waals surface area contributed by atoms with Crippen LogP contribution >= 0.6 is 46.4 Å². The molecule has 1 aromatic rings. The third kappa shape index (κ3) is 5.92. The SMILES string of the molecule is C=C(C)CCOC(=O)c1c(Cl)c(Cl)c(Cl)c(Cl)c1C(=O)OCCC(=C)C. The minimum Gasteiger partial charge on any atom is -0.462 e. The number of benzene rings is 1. The lowest BCUT2D eigenvalue weighted by Gasteiger charge is -2.15. The number of carbonyl (C=O) groups excluding carboxylic acids is 2. The summed E-state index contributed by atoms with van der Waals surface area (Å²) in [6, 6.07) is 0. The second-order valence-electron chi connectivity index (χ2n) is 5.69. The highest BCUT2D eigenvalue weighted by molar-refractivity contribution is 6.54. The topological polar surface area (TPSA) is 52.6 Å². The molecule has 4 nitrogen and oxygen atoms in total. The number of halogens is 4. The van der Waals surface area contributed by atoms with E-state index in [1.807, 2.05) is 0 Å². The summed E-state index contributed by atoms with van der Waals surface area (Å²) in [5, 5.41) is -0.756. The van der Waals surface area contributed by atoms with E-state index in [9.17, 15) is 9.59 Å². The van der Waals surface area contributed by atoms with Crippen molar-refractivity contribution in [3.63, 3.8) is 0 Å². The third-order valence-corrected chi connectivity index (χ3v) is 5.00. The molecule has 26 heavy (non-hydrogen) atoms. The first kappa shape index (κ1) is 22.8. The Morgan fingerprint density at radius 2 is 1.04 bits per heavy atom. The van der Waals surface area contributed by atoms with Crippen LogP contribution in [0.4, 0.5) is 0 Å². The maximum atomic E-state index is 12.5. The fourth-order valence-corrected chi connectivity index (χ4v) is 2.80. The first-order valence-electron chi connectivity index (χ1n) is 7.56. The van der Waals surface area contributed by atoms with Crippen molar-refractivity contribution in [1.29, 1.82) is 0 Å². The quantitative estimate of drug-likeness (QED) is 0.199. The van der Waals surface area contributed by atoms with Gasteiger partial charge in [0.05, 0.1) is 44.4 Å². The average molecular weight is 440 g/mol. The Hall–Kier alpha value is -1.20. The molecule has 0 amide bonds. The molecule has 0 aliphatic carbocycles. The van der Waals surface area contributed by atoms with Crippen LogP contribution in [0, 0.1) is 0 Å². The summed E-state index contributed by atoms with van der Waals surface area (Å²) in [7, 11) is 0. The van der Waals surface area contributed by atoms with E-state index in [4.69, 9.17) is 55.9 Å². The van der Waals surface area contributed by atoms with E-state index in [1.54, 1.807) is 13.8 Å². The first-order valence-corrected chi connectivity index (χ1v) is 9.08. The molecule has 0 N–H and O–H groups in total. The van der Waals surface area contributed by atoms with Gasteiger partial charge in [0.2, 0.25) is 0 Å². The van der Waals surface area contributed by atoms with E-state index in [-0.39, 0.29) is 44.4 Å².